The van der Waals surface area contributed by atoms with Gasteiger partial charge in [-0.2, -0.15) is 0 Å². The number of H-pyrrole nitrogens is 1. The van der Waals surface area contributed by atoms with Crippen LogP contribution in [0.3, 0.4) is 0 Å². The molecular weight excluding hydrogens is 262 g/mol. The lowest BCUT2D eigenvalue weighted by Gasteiger charge is -2.15. The van der Waals surface area contributed by atoms with Gasteiger partial charge in [-0.25, -0.2) is 9.59 Å². The van der Waals surface area contributed by atoms with Gasteiger partial charge in [0.15, 0.2) is 0 Å². The molecule has 0 spiro atoms. The molecule has 0 bridgehead atoms. The zero-order chi connectivity index (χ0) is 15.1. The molecule has 1 aromatic rings. The molecule has 1 atom stereocenters. The van der Waals surface area contributed by atoms with Gasteiger partial charge in [0.05, 0.1) is 0 Å². The van der Waals surface area contributed by atoms with E-state index in [0.717, 1.165) is 6.42 Å². The Hall–Kier alpha value is -2.05. The van der Waals surface area contributed by atoms with Crippen molar-refractivity contribution in [1.29, 1.82) is 0 Å². The van der Waals surface area contributed by atoms with E-state index < -0.39 is 17.3 Å². The number of hydrogen-bond acceptors (Lipinski definition) is 4. The largest absolute Gasteiger partial charge is 0.447 e. The van der Waals surface area contributed by atoms with Crippen molar-refractivity contribution in [2.24, 2.45) is 5.92 Å². The quantitative estimate of drug-likeness (QED) is 0.803. The number of amides is 1. The minimum Gasteiger partial charge on any atom is -0.447 e. The third-order valence-electron chi connectivity index (χ3n) is 2.63. The van der Waals surface area contributed by atoms with Crippen LogP contribution in [0.5, 0.6) is 0 Å². The average molecular weight is 283 g/mol. The Morgan fingerprint density at radius 2 is 2.10 bits per heavy atom. The Kier molecular flexibility index (Phi) is 6.02. The van der Waals surface area contributed by atoms with Gasteiger partial charge >= 0.3 is 11.8 Å². The van der Waals surface area contributed by atoms with Crippen LogP contribution in [0.15, 0.2) is 21.9 Å². The van der Waals surface area contributed by atoms with Crippen molar-refractivity contribution in [3.05, 3.63) is 33.1 Å². The first-order valence-corrected chi connectivity index (χ1v) is 6.62. The predicted octanol–water partition coefficient (Wildman–Crippen LogP) is 0.697. The topological polar surface area (TPSA) is 93.2 Å². The predicted molar refractivity (Wildman–Crippen MR) is 74.7 cm³/mol. The molecular formula is C13H21N3O4. The summed E-state index contributed by atoms with van der Waals surface area (Å²) in [4.78, 5) is 35.9. The van der Waals surface area contributed by atoms with E-state index in [0.29, 0.717) is 5.92 Å². The molecule has 0 radical (unpaired) electrons. The number of carbonyl (C=O) groups excluding carboxylic acids is 1. The molecule has 1 rings (SSSR count). The van der Waals surface area contributed by atoms with Gasteiger partial charge in [0.2, 0.25) is 0 Å². The van der Waals surface area contributed by atoms with Crippen LogP contribution >= 0.6 is 0 Å². The molecule has 0 aliphatic carbocycles. The summed E-state index contributed by atoms with van der Waals surface area (Å²) in [6.07, 6.45) is 1.53. The first-order chi connectivity index (χ1) is 9.38. The molecule has 0 aromatic carbocycles. The van der Waals surface area contributed by atoms with Crippen LogP contribution in [0.1, 0.15) is 27.2 Å². The van der Waals surface area contributed by atoms with Gasteiger partial charge in [0.25, 0.3) is 5.56 Å². The molecule has 20 heavy (non-hydrogen) atoms. The van der Waals surface area contributed by atoms with Crippen LogP contribution in [-0.2, 0) is 11.3 Å². The average Bonchev–Trinajstić information content (AvgIpc) is 2.30. The number of ether oxygens (including phenoxy) is 1. The number of aromatic nitrogens is 2. The summed E-state index contributed by atoms with van der Waals surface area (Å²) in [5, 5.41) is 2.56. The van der Waals surface area contributed by atoms with Crippen LogP contribution in [0, 0.1) is 5.92 Å². The maximum absolute atomic E-state index is 11.5. The Labute approximate surface area is 117 Å². The van der Waals surface area contributed by atoms with Crippen LogP contribution < -0.4 is 16.6 Å². The van der Waals surface area contributed by atoms with E-state index in [9.17, 15) is 14.4 Å². The summed E-state index contributed by atoms with van der Waals surface area (Å²) in [6.45, 7) is 6.47. The summed E-state index contributed by atoms with van der Waals surface area (Å²) < 4.78 is 6.46. The summed E-state index contributed by atoms with van der Waals surface area (Å²) in [7, 11) is 0. The van der Waals surface area contributed by atoms with E-state index in [-0.39, 0.29) is 19.2 Å². The van der Waals surface area contributed by atoms with Crippen molar-refractivity contribution in [2.75, 3.05) is 6.54 Å². The summed E-state index contributed by atoms with van der Waals surface area (Å²) in [5.74, 6) is 0.456. The highest BCUT2D eigenvalue weighted by atomic mass is 16.6. The van der Waals surface area contributed by atoms with E-state index in [1.165, 1.54) is 16.8 Å². The third kappa shape index (κ3) is 5.73. The number of nitrogens with one attached hydrogen (secondary N) is 2. The van der Waals surface area contributed by atoms with Crippen molar-refractivity contribution < 1.29 is 9.53 Å². The van der Waals surface area contributed by atoms with Crippen molar-refractivity contribution >= 4 is 6.09 Å². The molecule has 0 saturated heterocycles. The van der Waals surface area contributed by atoms with Crippen LogP contribution in [0.25, 0.3) is 0 Å². The molecule has 1 heterocycles. The number of alkyl carbamates (subject to hydrolysis) is 1. The Morgan fingerprint density at radius 1 is 1.40 bits per heavy atom. The minimum atomic E-state index is -0.504. The van der Waals surface area contributed by atoms with E-state index >= 15 is 0 Å². The van der Waals surface area contributed by atoms with Gasteiger partial charge in [-0.05, 0) is 19.3 Å². The molecule has 1 amide bonds. The van der Waals surface area contributed by atoms with Crippen molar-refractivity contribution in [1.82, 2.24) is 14.9 Å². The molecule has 0 aliphatic rings. The second-order valence-electron chi connectivity index (χ2n) is 5.08. The lowest BCUT2D eigenvalue weighted by Crippen LogP contribution is -2.35. The first-order valence-electron chi connectivity index (χ1n) is 6.62. The van der Waals surface area contributed by atoms with E-state index in [4.69, 9.17) is 4.74 Å². The molecule has 0 saturated carbocycles. The second-order valence-corrected chi connectivity index (χ2v) is 5.08. The van der Waals surface area contributed by atoms with Crippen LogP contribution in [-0.4, -0.2) is 28.3 Å². The normalized spacial score (nSPS) is 12.2. The van der Waals surface area contributed by atoms with E-state index in [1.807, 2.05) is 6.92 Å². The molecule has 7 heteroatoms. The maximum Gasteiger partial charge on any atom is 0.407 e. The smallest absolute Gasteiger partial charge is 0.407 e. The standard InChI is InChI=1S/C13H21N3O4/c1-9(2)8-10(3)20-13(19)14-5-7-16-6-4-11(17)15-12(16)18/h4,6,9-10H,5,7-8H2,1-3H3,(H,14,19)(H,15,17,18). The monoisotopic (exact) mass is 283 g/mol. The zero-order valence-corrected chi connectivity index (χ0v) is 12.0. The fourth-order valence-electron chi connectivity index (χ4n) is 1.84. The molecule has 0 aliphatic heterocycles. The fraction of sp³-hybridized carbons (Fsp3) is 0.615. The Balaban J connectivity index is 2.35. The minimum absolute atomic E-state index is 0.147. The molecule has 1 unspecified atom stereocenters. The zero-order valence-electron chi connectivity index (χ0n) is 12.0. The summed E-state index contributed by atoms with van der Waals surface area (Å²) in [5.41, 5.74) is -0.943. The van der Waals surface area contributed by atoms with E-state index in [2.05, 4.69) is 24.1 Å². The van der Waals surface area contributed by atoms with Gasteiger partial charge < -0.3 is 10.1 Å². The lowest BCUT2D eigenvalue weighted by atomic mass is 10.1. The van der Waals surface area contributed by atoms with Crippen molar-refractivity contribution in [3.63, 3.8) is 0 Å². The molecule has 0 fully saturated rings. The van der Waals surface area contributed by atoms with Gasteiger partial charge in [0, 0.05) is 25.4 Å². The second kappa shape index (κ2) is 7.52. The molecule has 112 valence electrons. The highest BCUT2D eigenvalue weighted by molar-refractivity contribution is 5.67. The number of rotatable bonds is 6. The number of carbonyl (C=O) groups is 1. The Morgan fingerprint density at radius 3 is 2.70 bits per heavy atom. The van der Waals surface area contributed by atoms with Gasteiger partial charge in [0.1, 0.15) is 6.10 Å². The molecule has 2 N–H and O–H groups in total. The van der Waals surface area contributed by atoms with Gasteiger partial charge in [-0.3, -0.25) is 14.3 Å². The van der Waals surface area contributed by atoms with Crippen LogP contribution in [0.4, 0.5) is 4.79 Å². The molecule has 1 aromatic heterocycles. The van der Waals surface area contributed by atoms with Gasteiger partial charge in [-0.15, -0.1) is 0 Å². The number of aromatic amines is 1. The first kappa shape index (κ1) is 16.0. The van der Waals surface area contributed by atoms with Gasteiger partial charge in [-0.1, -0.05) is 13.8 Å². The lowest BCUT2D eigenvalue weighted by molar-refractivity contribution is 0.0951. The van der Waals surface area contributed by atoms with Crippen molar-refractivity contribution in [3.8, 4) is 0 Å². The van der Waals surface area contributed by atoms with E-state index in [1.54, 1.807) is 0 Å². The summed E-state index contributed by atoms with van der Waals surface area (Å²) in [6, 6.07) is 1.25. The highest BCUT2D eigenvalue weighted by Gasteiger charge is 2.10. The third-order valence-corrected chi connectivity index (χ3v) is 2.63. The Bertz CT molecular complexity index is 547. The van der Waals surface area contributed by atoms with Crippen LogP contribution in [0.2, 0.25) is 0 Å². The van der Waals surface area contributed by atoms with Crippen molar-refractivity contribution in [2.45, 2.75) is 39.8 Å². The number of hydrogen-bond donors (Lipinski definition) is 2. The molecule has 7 nitrogen and oxygen atoms in total. The highest BCUT2D eigenvalue weighted by Crippen LogP contribution is 2.07. The maximum atomic E-state index is 11.5. The summed E-state index contributed by atoms with van der Waals surface area (Å²) >= 11 is 0. The fourth-order valence-corrected chi connectivity index (χ4v) is 1.84. The number of nitrogens with zero attached hydrogens (tertiary/aromatic N) is 1. The SMILES string of the molecule is CC(C)CC(C)OC(=O)NCCn1ccc(=O)[nH]c1=O.